The second-order valence-electron chi connectivity index (χ2n) is 6.60. The van der Waals surface area contributed by atoms with Crippen LogP contribution in [0.15, 0.2) is 53.3 Å². The van der Waals surface area contributed by atoms with Crippen molar-refractivity contribution in [2.24, 2.45) is 0 Å². The van der Waals surface area contributed by atoms with Gasteiger partial charge in [-0.05, 0) is 42.5 Å². The molecule has 132 valence electrons. The summed E-state index contributed by atoms with van der Waals surface area (Å²) < 4.78 is 1.26. The molecule has 0 aliphatic heterocycles. The van der Waals surface area contributed by atoms with Gasteiger partial charge >= 0.3 is 0 Å². The zero-order valence-electron chi connectivity index (χ0n) is 14.4. The van der Waals surface area contributed by atoms with E-state index >= 15 is 0 Å². The Morgan fingerprint density at radius 2 is 1.96 bits per heavy atom. The van der Waals surface area contributed by atoms with Crippen LogP contribution in [0.5, 0.6) is 0 Å². The minimum Gasteiger partial charge on any atom is -0.349 e. The SMILES string of the molecule is O=C(CCn1nnc2ccccc2c1=O)N[C@H]1CCCc2ccccc21. The topological polar surface area (TPSA) is 76.9 Å². The van der Waals surface area contributed by atoms with Crippen LogP contribution in [0.2, 0.25) is 0 Å². The number of nitrogens with zero attached hydrogens (tertiary/aromatic N) is 3. The van der Waals surface area contributed by atoms with Crippen LogP contribution < -0.4 is 10.9 Å². The number of aryl methyl sites for hydroxylation is 2. The highest BCUT2D eigenvalue weighted by Gasteiger charge is 2.21. The number of rotatable bonds is 4. The van der Waals surface area contributed by atoms with Gasteiger partial charge in [-0.25, -0.2) is 4.68 Å². The van der Waals surface area contributed by atoms with E-state index in [1.807, 2.05) is 18.2 Å². The number of benzene rings is 2. The minimum atomic E-state index is -0.216. The Kier molecular flexibility index (Phi) is 4.48. The van der Waals surface area contributed by atoms with Gasteiger partial charge in [-0.3, -0.25) is 9.59 Å². The molecule has 1 aliphatic carbocycles. The van der Waals surface area contributed by atoms with E-state index in [0.29, 0.717) is 10.9 Å². The van der Waals surface area contributed by atoms with Crippen molar-refractivity contribution in [3.63, 3.8) is 0 Å². The molecule has 1 aromatic heterocycles. The van der Waals surface area contributed by atoms with Gasteiger partial charge in [0, 0.05) is 6.42 Å². The van der Waals surface area contributed by atoms with Gasteiger partial charge in [0.2, 0.25) is 5.91 Å². The van der Waals surface area contributed by atoms with Gasteiger partial charge in [-0.2, -0.15) is 0 Å². The van der Waals surface area contributed by atoms with Gasteiger partial charge < -0.3 is 5.32 Å². The Morgan fingerprint density at radius 1 is 1.15 bits per heavy atom. The van der Waals surface area contributed by atoms with E-state index in [-0.39, 0.29) is 30.5 Å². The molecule has 3 aromatic rings. The van der Waals surface area contributed by atoms with E-state index in [9.17, 15) is 9.59 Å². The van der Waals surface area contributed by atoms with E-state index in [2.05, 4.69) is 27.8 Å². The molecular formula is C20H20N4O2. The smallest absolute Gasteiger partial charge is 0.277 e. The van der Waals surface area contributed by atoms with E-state index < -0.39 is 0 Å². The summed E-state index contributed by atoms with van der Waals surface area (Å²) in [4.78, 5) is 24.8. The van der Waals surface area contributed by atoms with E-state index in [1.54, 1.807) is 18.2 Å². The molecule has 0 spiro atoms. The van der Waals surface area contributed by atoms with Crippen molar-refractivity contribution in [2.45, 2.75) is 38.3 Å². The molecule has 1 atom stereocenters. The average Bonchev–Trinajstić information content (AvgIpc) is 2.68. The molecule has 1 amide bonds. The molecule has 0 saturated heterocycles. The number of amides is 1. The van der Waals surface area contributed by atoms with E-state index in [0.717, 1.165) is 19.3 Å². The Balaban J connectivity index is 1.44. The van der Waals surface area contributed by atoms with Crippen molar-refractivity contribution < 1.29 is 4.79 Å². The third kappa shape index (κ3) is 3.22. The molecule has 6 nitrogen and oxygen atoms in total. The maximum absolute atomic E-state index is 12.4. The van der Waals surface area contributed by atoms with Gasteiger partial charge in [0.05, 0.1) is 18.0 Å². The number of hydrogen-bond acceptors (Lipinski definition) is 4. The van der Waals surface area contributed by atoms with Crippen LogP contribution in [0, 0.1) is 0 Å². The van der Waals surface area contributed by atoms with Gasteiger partial charge in [0.25, 0.3) is 5.56 Å². The molecule has 1 heterocycles. The molecular weight excluding hydrogens is 328 g/mol. The maximum Gasteiger partial charge on any atom is 0.277 e. The van der Waals surface area contributed by atoms with Crippen molar-refractivity contribution in [3.8, 4) is 0 Å². The maximum atomic E-state index is 12.4. The lowest BCUT2D eigenvalue weighted by atomic mass is 9.88. The summed E-state index contributed by atoms with van der Waals surface area (Å²) in [5, 5.41) is 11.6. The first-order valence-corrected chi connectivity index (χ1v) is 8.92. The first kappa shape index (κ1) is 16.4. The second kappa shape index (κ2) is 7.07. The molecule has 4 rings (SSSR count). The summed E-state index contributed by atoms with van der Waals surface area (Å²) in [5.41, 5.74) is 2.86. The molecule has 6 heteroatoms. The van der Waals surface area contributed by atoms with Crippen LogP contribution >= 0.6 is 0 Å². The second-order valence-corrected chi connectivity index (χ2v) is 6.60. The van der Waals surface area contributed by atoms with Crippen LogP contribution in [0.25, 0.3) is 10.9 Å². The molecule has 1 aliphatic rings. The number of aromatic nitrogens is 3. The first-order valence-electron chi connectivity index (χ1n) is 8.92. The fraction of sp³-hybridized carbons (Fsp3) is 0.300. The molecule has 0 bridgehead atoms. The van der Waals surface area contributed by atoms with Crippen molar-refractivity contribution in [3.05, 3.63) is 70.0 Å². The predicted octanol–water partition coefficient (Wildman–Crippen LogP) is 2.38. The lowest BCUT2D eigenvalue weighted by Gasteiger charge is -2.26. The molecule has 26 heavy (non-hydrogen) atoms. The van der Waals surface area contributed by atoms with Crippen molar-refractivity contribution >= 4 is 16.8 Å². The van der Waals surface area contributed by atoms with Crippen LogP contribution in [0.1, 0.15) is 36.4 Å². The van der Waals surface area contributed by atoms with Gasteiger partial charge in [0.1, 0.15) is 5.52 Å². The standard InChI is InChI=1S/C20H20N4O2/c25-19(21-17-11-5-7-14-6-1-2-8-15(14)17)12-13-24-20(26)16-9-3-4-10-18(16)22-23-24/h1-4,6,8-10,17H,5,7,11-13H2,(H,21,25)/t17-/m0/s1. The number of carbonyl (C=O) groups excluding carboxylic acids is 1. The van der Waals surface area contributed by atoms with Gasteiger partial charge in [-0.15, -0.1) is 5.10 Å². The molecule has 0 saturated carbocycles. The zero-order valence-corrected chi connectivity index (χ0v) is 14.4. The predicted molar refractivity (Wildman–Crippen MR) is 98.7 cm³/mol. The van der Waals surface area contributed by atoms with Crippen molar-refractivity contribution in [1.29, 1.82) is 0 Å². The highest BCUT2D eigenvalue weighted by atomic mass is 16.2. The molecule has 0 unspecified atom stereocenters. The molecule has 2 aromatic carbocycles. The summed E-state index contributed by atoms with van der Waals surface area (Å²) in [7, 11) is 0. The highest BCUT2D eigenvalue weighted by Crippen LogP contribution is 2.29. The Bertz CT molecular complexity index is 1010. The van der Waals surface area contributed by atoms with Gasteiger partial charge in [0.15, 0.2) is 0 Å². The third-order valence-electron chi connectivity index (χ3n) is 4.88. The quantitative estimate of drug-likeness (QED) is 0.785. The third-order valence-corrected chi connectivity index (χ3v) is 4.88. The van der Waals surface area contributed by atoms with E-state index in [4.69, 9.17) is 0 Å². The summed E-state index contributed by atoms with van der Waals surface area (Å²) in [5.74, 6) is -0.0754. The summed E-state index contributed by atoms with van der Waals surface area (Å²) >= 11 is 0. The molecule has 0 fully saturated rings. The zero-order chi connectivity index (χ0) is 17.9. The molecule has 1 N–H and O–H groups in total. The summed E-state index contributed by atoms with van der Waals surface area (Å²) in [6.45, 7) is 0.219. The largest absolute Gasteiger partial charge is 0.349 e. The van der Waals surface area contributed by atoms with E-state index in [1.165, 1.54) is 15.8 Å². The Hall–Kier alpha value is -3.02. The number of hydrogen-bond donors (Lipinski definition) is 1. The first-order chi connectivity index (χ1) is 12.7. The van der Waals surface area contributed by atoms with Crippen LogP contribution in [0.4, 0.5) is 0 Å². The molecule has 0 radical (unpaired) electrons. The number of nitrogens with one attached hydrogen (secondary N) is 1. The fourth-order valence-corrected chi connectivity index (χ4v) is 3.55. The summed E-state index contributed by atoms with van der Waals surface area (Å²) in [6, 6.07) is 15.4. The lowest BCUT2D eigenvalue weighted by molar-refractivity contribution is -0.122. The minimum absolute atomic E-state index is 0.0480. The number of fused-ring (bicyclic) bond motifs is 2. The Labute approximate surface area is 150 Å². The lowest BCUT2D eigenvalue weighted by Crippen LogP contribution is -2.33. The van der Waals surface area contributed by atoms with Crippen LogP contribution in [-0.2, 0) is 17.8 Å². The Morgan fingerprint density at radius 3 is 2.88 bits per heavy atom. The normalized spacial score (nSPS) is 16.2. The van der Waals surface area contributed by atoms with Crippen molar-refractivity contribution in [1.82, 2.24) is 20.3 Å². The van der Waals surface area contributed by atoms with Gasteiger partial charge in [-0.1, -0.05) is 41.6 Å². The average molecular weight is 348 g/mol. The van der Waals surface area contributed by atoms with Crippen molar-refractivity contribution in [2.75, 3.05) is 0 Å². The van der Waals surface area contributed by atoms with Crippen LogP contribution in [-0.4, -0.2) is 20.9 Å². The fourth-order valence-electron chi connectivity index (χ4n) is 3.55. The highest BCUT2D eigenvalue weighted by molar-refractivity contribution is 5.77. The number of carbonyl (C=O) groups is 1. The summed E-state index contributed by atoms with van der Waals surface area (Å²) in [6.07, 6.45) is 3.27. The van der Waals surface area contributed by atoms with Crippen LogP contribution in [0.3, 0.4) is 0 Å². The monoisotopic (exact) mass is 348 g/mol.